The van der Waals surface area contributed by atoms with Gasteiger partial charge in [0, 0.05) is 28.4 Å². The maximum Gasteiger partial charge on any atom is 0.159 e. The number of hydrogen-bond acceptors (Lipinski definition) is 4. The minimum Gasteiger partial charge on any atom is -0.384 e. The molecule has 2 heterocycles. The van der Waals surface area contributed by atoms with E-state index in [0.717, 1.165) is 17.0 Å². The lowest BCUT2D eigenvalue weighted by Crippen LogP contribution is -2.06. The fourth-order valence-electron chi connectivity index (χ4n) is 2.15. The molecule has 0 aliphatic rings. The third-order valence-electron chi connectivity index (χ3n) is 3.05. The van der Waals surface area contributed by atoms with Crippen molar-refractivity contribution in [2.24, 2.45) is 0 Å². The summed E-state index contributed by atoms with van der Waals surface area (Å²) in [5, 5.41) is 5.21. The topological polar surface area (TPSA) is 69.6 Å². The lowest BCUT2D eigenvalue weighted by Gasteiger charge is -2.04. The predicted molar refractivity (Wildman–Crippen MR) is 83.5 cm³/mol. The fourth-order valence-corrected chi connectivity index (χ4v) is 2.27. The van der Waals surface area contributed by atoms with Gasteiger partial charge in [0.2, 0.25) is 0 Å². The smallest absolute Gasteiger partial charge is 0.159 e. The normalized spacial score (nSPS) is 10.8. The summed E-state index contributed by atoms with van der Waals surface area (Å²) in [4.78, 5) is 8.63. The largest absolute Gasteiger partial charge is 0.384 e. The Morgan fingerprint density at radius 2 is 1.76 bits per heavy atom. The highest BCUT2D eigenvalue weighted by atomic mass is 35.5. The quantitative estimate of drug-likeness (QED) is 0.789. The second-order valence-corrected chi connectivity index (χ2v) is 5.22. The third-order valence-corrected chi connectivity index (χ3v) is 3.30. The molecule has 5 nitrogen and oxygen atoms in total. The average Bonchev–Trinajstić information content (AvgIpc) is 2.80. The monoisotopic (exact) mass is 299 g/mol. The van der Waals surface area contributed by atoms with Gasteiger partial charge in [-0.1, -0.05) is 23.7 Å². The molecular formula is C15H14ClN5. The predicted octanol–water partition coefficient (Wildman–Crippen LogP) is 3.18. The van der Waals surface area contributed by atoms with E-state index in [2.05, 4.69) is 15.1 Å². The summed E-state index contributed by atoms with van der Waals surface area (Å²) in [6.07, 6.45) is 0. The number of nitrogen functional groups attached to an aromatic ring is 1. The Labute approximate surface area is 127 Å². The Morgan fingerprint density at radius 1 is 1.05 bits per heavy atom. The molecular weight excluding hydrogens is 286 g/mol. The van der Waals surface area contributed by atoms with Crippen LogP contribution in [0.15, 0.2) is 36.4 Å². The van der Waals surface area contributed by atoms with Crippen molar-refractivity contribution < 1.29 is 0 Å². The van der Waals surface area contributed by atoms with Gasteiger partial charge < -0.3 is 5.73 Å². The average molecular weight is 300 g/mol. The summed E-state index contributed by atoms with van der Waals surface area (Å²) in [6, 6.07) is 11.1. The molecule has 0 atom stereocenters. The van der Waals surface area contributed by atoms with E-state index in [4.69, 9.17) is 17.3 Å². The molecule has 0 aliphatic carbocycles. The molecule has 0 aliphatic heterocycles. The van der Waals surface area contributed by atoms with E-state index in [1.54, 1.807) is 4.68 Å². The van der Waals surface area contributed by atoms with E-state index in [-0.39, 0.29) is 0 Å². The number of nitrogens with zero attached hydrogens (tertiary/aromatic N) is 4. The molecule has 0 amide bonds. The Balaban J connectivity index is 2.07. The summed E-state index contributed by atoms with van der Waals surface area (Å²) in [5.74, 6) is 1.88. The van der Waals surface area contributed by atoms with Crippen LogP contribution in [0.1, 0.15) is 11.5 Å². The van der Waals surface area contributed by atoms with Gasteiger partial charge in [0.15, 0.2) is 5.82 Å². The highest BCUT2D eigenvalue weighted by Crippen LogP contribution is 2.24. The van der Waals surface area contributed by atoms with Gasteiger partial charge in [-0.2, -0.15) is 9.78 Å². The Morgan fingerprint density at radius 3 is 2.43 bits per heavy atom. The summed E-state index contributed by atoms with van der Waals surface area (Å²) in [5.41, 5.74) is 8.66. The number of aromatic nitrogens is 4. The number of nitrogens with two attached hydrogens (primary N) is 1. The van der Waals surface area contributed by atoms with Crippen molar-refractivity contribution in [1.29, 1.82) is 0 Å². The van der Waals surface area contributed by atoms with Gasteiger partial charge in [-0.15, -0.1) is 0 Å². The summed E-state index contributed by atoms with van der Waals surface area (Å²) in [7, 11) is 0. The van der Waals surface area contributed by atoms with Gasteiger partial charge in [-0.25, -0.2) is 9.97 Å². The lowest BCUT2D eigenvalue weighted by molar-refractivity contribution is 0.833. The van der Waals surface area contributed by atoms with Crippen molar-refractivity contribution in [3.8, 4) is 17.1 Å². The van der Waals surface area contributed by atoms with Crippen LogP contribution >= 0.6 is 11.6 Å². The number of hydrogen-bond donors (Lipinski definition) is 1. The molecule has 1 aromatic carbocycles. The number of benzene rings is 1. The number of aryl methyl sites for hydroxylation is 2. The molecule has 0 spiro atoms. The van der Waals surface area contributed by atoms with E-state index < -0.39 is 0 Å². The second kappa shape index (κ2) is 5.18. The van der Waals surface area contributed by atoms with E-state index in [9.17, 15) is 0 Å². The van der Waals surface area contributed by atoms with Crippen LogP contribution in [0, 0.1) is 13.8 Å². The van der Waals surface area contributed by atoms with Gasteiger partial charge in [-0.3, -0.25) is 0 Å². The summed E-state index contributed by atoms with van der Waals surface area (Å²) >= 11 is 5.90. The van der Waals surface area contributed by atoms with Crippen LogP contribution in [0.2, 0.25) is 5.02 Å². The molecule has 0 bridgehead atoms. The van der Waals surface area contributed by atoms with Gasteiger partial charge >= 0.3 is 0 Å². The zero-order valence-corrected chi connectivity index (χ0v) is 12.5. The Kier molecular flexibility index (Phi) is 3.35. The minimum absolute atomic E-state index is 0.525. The lowest BCUT2D eigenvalue weighted by atomic mass is 10.1. The van der Waals surface area contributed by atoms with Crippen molar-refractivity contribution in [3.63, 3.8) is 0 Å². The molecule has 0 radical (unpaired) electrons. The number of anilines is 1. The molecule has 2 N–H and O–H groups in total. The molecule has 6 heteroatoms. The van der Waals surface area contributed by atoms with Crippen molar-refractivity contribution in [1.82, 2.24) is 19.7 Å². The van der Waals surface area contributed by atoms with Gasteiger partial charge in [0.05, 0.1) is 5.69 Å². The minimum atomic E-state index is 0.525. The molecule has 0 saturated carbocycles. The highest BCUT2D eigenvalue weighted by molar-refractivity contribution is 6.30. The van der Waals surface area contributed by atoms with Gasteiger partial charge in [-0.05, 0) is 26.0 Å². The van der Waals surface area contributed by atoms with Crippen molar-refractivity contribution in [2.45, 2.75) is 13.8 Å². The van der Waals surface area contributed by atoms with Crippen LogP contribution in [0.5, 0.6) is 0 Å². The van der Waals surface area contributed by atoms with E-state index in [0.29, 0.717) is 22.5 Å². The zero-order chi connectivity index (χ0) is 15.0. The van der Waals surface area contributed by atoms with Crippen molar-refractivity contribution in [2.75, 3.05) is 5.73 Å². The first-order valence-corrected chi connectivity index (χ1v) is 6.85. The maximum absolute atomic E-state index is 6.05. The van der Waals surface area contributed by atoms with Crippen LogP contribution in [0.4, 0.5) is 5.82 Å². The molecule has 0 unspecified atom stereocenters. The standard InChI is InChI=1S/C15H14ClN5/c1-9-7-15(19-10(2)18-9)21-14(17)8-13(20-21)11-3-5-12(16)6-4-11/h3-8H,17H2,1-2H3. The molecule has 21 heavy (non-hydrogen) atoms. The first-order chi connectivity index (χ1) is 10.0. The van der Waals surface area contributed by atoms with Crippen molar-refractivity contribution in [3.05, 3.63) is 52.9 Å². The van der Waals surface area contributed by atoms with E-state index >= 15 is 0 Å². The molecule has 2 aromatic heterocycles. The number of rotatable bonds is 2. The van der Waals surface area contributed by atoms with Crippen LogP contribution in [-0.4, -0.2) is 19.7 Å². The van der Waals surface area contributed by atoms with E-state index in [1.807, 2.05) is 50.2 Å². The highest BCUT2D eigenvalue weighted by Gasteiger charge is 2.11. The second-order valence-electron chi connectivity index (χ2n) is 4.79. The maximum atomic E-state index is 6.05. The van der Waals surface area contributed by atoms with Gasteiger partial charge in [0.1, 0.15) is 11.6 Å². The molecule has 106 valence electrons. The SMILES string of the molecule is Cc1cc(-n2nc(-c3ccc(Cl)cc3)cc2N)nc(C)n1. The first kappa shape index (κ1) is 13.6. The Bertz CT molecular complexity index is 772. The summed E-state index contributed by atoms with van der Waals surface area (Å²) in [6.45, 7) is 3.76. The molecule has 3 rings (SSSR count). The first-order valence-electron chi connectivity index (χ1n) is 6.47. The summed E-state index contributed by atoms with van der Waals surface area (Å²) < 4.78 is 1.62. The molecule has 0 fully saturated rings. The third kappa shape index (κ3) is 2.73. The zero-order valence-electron chi connectivity index (χ0n) is 11.7. The Hall–Kier alpha value is -2.40. The van der Waals surface area contributed by atoms with Crippen LogP contribution in [0.25, 0.3) is 17.1 Å². The van der Waals surface area contributed by atoms with Crippen LogP contribution in [0.3, 0.4) is 0 Å². The fraction of sp³-hybridized carbons (Fsp3) is 0.133. The van der Waals surface area contributed by atoms with Crippen LogP contribution < -0.4 is 5.73 Å². The van der Waals surface area contributed by atoms with Gasteiger partial charge in [0.25, 0.3) is 0 Å². The number of halogens is 1. The van der Waals surface area contributed by atoms with Crippen molar-refractivity contribution >= 4 is 17.4 Å². The van der Waals surface area contributed by atoms with Crippen LogP contribution in [-0.2, 0) is 0 Å². The van der Waals surface area contributed by atoms with E-state index in [1.165, 1.54) is 0 Å². The molecule has 0 saturated heterocycles. The molecule has 3 aromatic rings.